The van der Waals surface area contributed by atoms with Crippen LogP contribution in [-0.2, 0) is 10.1 Å². The highest BCUT2D eigenvalue weighted by Crippen LogP contribution is 2.21. The van der Waals surface area contributed by atoms with Crippen LogP contribution in [0, 0.1) is 6.92 Å². The van der Waals surface area contributed by atoms with Gasteiger partial charge in [-0.25, -0.2) is 4.79 Å². The first-order chi connectivity index (χ1) is 9.87. The molecule has 2 rings (SSSR count). The van der Waals surface area contributed by atoms with E-state index in [1.807, 2.05) is 6.92 Å². The van der Waals surface area contributed by atoms with Gasteiger partial charge in [0.2, 0.25) is 0 Å². The second kappa shape index (κ2) is 5.84. The fourth-order valence-corrected chi connectivity index (χ4v) is 2.55. The Hall–Kier alpha value is -2.54. The molecule has 0 heterocycles. The Morgan fingerprint density at radius 3 is 2.14 bits per heavy atom. The third kappa shape index (κ3) is 3.96. The van der Waals surface area contributed by atoms with Crippen LogP contribution in [0.1, 0.15) is 5.56 Å². The smallest absolute Gasteiger partial charge is 0.339 e. The fourth-order valence-electron chi connectivity index (χ4n) is 1.62. The van der Waals surface area contributed by atoms with Crippen molar-refractivity contribution in [1.29, 1.82) is 0 Å². The maximum Gasteiger partial charge on any atom is 0.339 e. The molecule has 3 N–H and O–H groups in total. The third-order valence-electron chi connectivity index (χ3n) is 2.64. The highest BCUT2D eigenvalue weighted by atomic mass is 32.2. The number of hydrogen-bond acceptors (Lipinski definition) is 4. The van der Waals surface area contributed by atoms with Crippen molar-refractivity contribution in [1.82, 2.24) is 0 Å². The van der Waals surface area contributed by atoms with Gasteiger partial charge in [-0.1, -0.05) is 17.7 Å². The predicted molar refractivity (Wildman–Crippen MR) is 78.6 cm³/mol. The van der Waals surface area contributed by atoms with E-state index in [0.717, 1.165) is 5.56 Å². The topological polar surface area (TPSA) is 98.5 Å². The van der Waals surface area contributed by atoms with Gasteiger partial charge >= 0.3 is 16.1 Å². The molecule has 2 aromatic rings. The summed E-state index contributed by atoms with van der Waals surface area (Å²) in [7, 11) is -3.88. The van der Waals surface area contributed by atoms with Crippen LogP contribution in [-0.4, -0.2) is 14.4 Å². The maximum atomic E-state index is 12.1. The molecule has 2 aromatic carbocycles. The number of carbonyl (C=O) groups excluding carboxylic acids is 1. The quantitative estimate of drug-likeness (QED) is 0.846. The van der Waals surface area contributed by atoms with Crippen molar-refractivity contribution >= 4 is 21.8 Å². The summed E-state index contributed by atoms with van der Waals surface area (Å²) in [6.07, 6.45) is 0. The molecule has 0 aliphatic carbocycles. The van der Waals surface area contributed by atoms with Gasteiger partial charge in [0.15, 0.2) is 0 Å². The number of urea groups is 1. The number of rotatable bonds is 4. The molecular formula is C14H14N2O4S. The highest BCUT2D eigenvalue weighted by Gasteiger charge is 2.16. The van der Waals surface area contributed by atoms with Gasteiger partial charge in [-0.3, -0.25) is 0 Å². The van der Waals surface area contributed by atoms with Gasteiger partial charge in [0.25, 0.3) is 0 Å². The van der Waals surface area contributed by atoms with Crippen molar-refractivity contribution in [3.05, 3.63) is 54.1 Å². The first-order valence-electron chi connectivity index (χ1n) is 6.04. The second-order valence-electron chi connectivity index (χ2n) is 4.36. The predicted octanol–water partition coefficient (Wildman–Crippen LogP) is 2.25. The van der Waals surface area contributed by atoms with Gasteiger partial charge in [-0.2, -0.15) is 8.42 Å². The minimum absolute atomic E-state index is 0.0763. The van der Waals surface area contributed by atoms with Crippen molar-refractivity contribution in [2.24, 2.45) is 5.73 Å². The van der Waals surface area contributed by atoms with E-state index in [1.54, 1.807) is 12.1 Å². The molecule has 0 fully saturated rings. The SMILES string of the molecule is Cc1ccc(S(=O)(=O)Oc2ccc(NC(N)=O)cc2)cc1. The van der Waals surface area contributed by atoms with E-state index in [4.69, 9.17) is 9.92 Å². The largest absolute Gasteiger partial charge is 0.379 e. The third-order valence-corrected chi connectivity index (χ3v) is 3.90. The number of primary amides is 1. The van der Waals surface area contributed by atoms with Gasteiger partial charge in [0.05, 0.1) is 0 Å². The standard InChI is InChI=1S/C14H14N2O4S/c1-10-2-8-13(9-3-10)21(18,19)20-12-6-4-11(5-7-12)16-14(15)17/h2-9H,1H3,(H3,15,16,17). The number of amides is 2. The summed E-state index contributed by atoms with van der Waals surface area (Å²) in [5, 5.41) is 2.37. The summed E-state index contributed by atoms with van der Waals surface area (Å²) in [4.78, 5) is 10.8. The molecule has 0 bridgehead atoms. The van der Waals surface area contributed by atoms with E-state index < -0.39 is 16.1 Å². The molecule has 0 aliphatic heterocycles. The van der Waals surface area contributed by atoms with Gasteiger partial charge in [-0.15, -0.1) is 0 Å². The lowest BCUT2D eigenvalue weighted by atomic mass is 10.2. The van der Waals surface area contributed by atoms with E-state index in [9.17, 15) is 13.2 Å². The molecule has 2 amide bonds. The van der Waals surface area contributed by atoms with Crippen molar-refractivity contribution in [3.8, 4) is 5.75 Å². The van der Waals surface area contributed by atoms with Crippen LogP contribution >= 0.6 is 0 Å². The van der Waals surface area contributed by atoms with E-state index in [-0.39, 0.29) is 10.6 Å². The van der Waals surface area contributed by atoms with E-state index in [0.29, 0.717) is 5.69 Å². The van der Waals surface area contributed by atoms with Crippen LogP contribution < -0.4 is 15.2 Å². The Kier molecular flexibility index (Phi) is 4.13. The zero-order valence-electron chi connectivity index (χ0n) is 11.2. The van der Waals surface area contributed by atoms with Gasteiger partial charge in [-0.05, 0) is 43.3 Å². The molecule has 21 heavy (non-hydrogen) atoms. The normalized spacial score (nSPS) is 10.9. The molecule has 0 saturated heterocycles. The van der Waals surface area contributed by atoms with E-state index >= 15 is 0 Å². The van der Waals surface area contributed by atoms with Crippen LogP contribution in [0.5, 0.6) is 5.75 Å². The molecule has 0 aromatic heterocycles. The average molecular weight is 306 g/mol. The molecule has 0 unspecified atom stereocenters. The molecule has 6 nitrogen and oxygen atoms in total. The molecule has 7 heteroatoms. The number of carbonyl (C=O) groups is 1. The van der Waals surface area contributed by atoms with Gasteiger partial charge in [0, 0.05) is 5.69 Å². The Balaban J connectivity index is 2.16. The Labute approximate surface area is 122 Å². The summed E-state index contributed by atoms with van der Waals surface area (Å²) in [6.45, 7) is 1.86. The monoisotopic (exact) mass is 306 g/mol. The fraction of sp³-hybridized carbons (Fsp3) is 0.0714. The second-order valence-corrected chi connectivity index (χ2v) is 5.91. The van der Waals surface area contributed by atoms with Gasteiger partial charge < -0.3 is 15.2 Å². The van der Waals surface area contributed by atoms with Gasteiger partial charge in [0.1, 0.15) is 10.6 Å². The number of nitrogens with one attached hydrogen (secondary N) is 1. The van der Waals surface area contributed by atoms with Crippen LogP contribution in [0.3, 0.4) is 0 Å². The number of benzene rings is 2. The lowest BCUT2D eigenvalue weighted by Crippen LogP contribution is -2.19. The lowest BCUT2D eigenvalue weighted by molar-refractivity contribution is 0.259. The molecule has 0 aliphatic rings. The summed E-state index contributed by atoms with van der Waals surface area (Å²) < 4.78 is 29.1. The summed E-state index contributed by atoms with van der Waals surface area (Å²) in [5.74, 6) is 0.144. The molecule has 0 spiro atoms. The van der Waals surface area contributed by atoms with Crippen molar-refractivity contribution in [3.63, 3.8) is 0 Å². The van der Waals surface area contributed by atoms with Crippen molar-refractivity contribution < 1.29 is 17.4 Å². The van der Waals surface area contributed by atoms with Crippen LogP contribution in [0.15, 0.2) is 53.4 Å². The highest BCUT2D eigenvalue weighted by molar-refractivity contribution is 7.87. The van der Waals surface area contributed by atoms with E-state index in [2.05, 4.69) is 5.32 Å². The molecule has 0 radical (unpaired) electrons. The Morgan fingerprint density at radius 1 is 1.05 bits per heavy atom. The number of aryl methyl sites for hydroxylation is 1. The Morgan fingerprint density at radius 2 is 1.62 bits per heavy atom. The summed E-state index contributed by atoms with van der Waals surface area (Å²) in [6, 6.07) is 11.5. The maximum absolute atomic E-state index is 12.1. The minimum atomic E-state index is -3.88. The molecule has 110 valence electrons. The van der Waals surface area contributed by atoms with Crippen LogP contribution in [0.25, 0.3) is 0 Å². The number of nitrogens with two attached hydrogens (primary N) is 1. The number of hydrogen-bond donors (Lipinski definition) is 2. The van der Waals surface area contributed by atoms with Crippen LogP contribution in [0.2, 0.25) is 0 Å². The minimum Gasteiger partial charge on any atom is -0.379 e. The zero-order valence-corrected chi connectivity index (χ0v) is 12.1. The first-order valence-corrected chi connectivity index (χ1v) is 7.45. The molecule has 0 saturated carbocycles. The first kappa shape index (κ1) is 14.9. The summed E-state index contributed by atoms with van der Waals surface area (Å²) >= 11 is 0. The number of anilines is 1. The average Bonchev–Trinajstić information content (AvgIpc) is 2.40. The molecule has 0 atom stereocenters. The Bertz CT molecular complexity index is 738. The van der Waals surface area contributed by atoms with Crippen molar-refractivity contribution in [2.45, 2.75) is 11.8 Å². The zero-order chi connectivity index (χ0) is 15.5. The lowest BCUT2D eigenvalue weighted by Gasteiger charge is -2.08. The summed E-state index contributed by atoms with van der Waals surface area (Å²) in [5.41, 5.74) is 6.38. The molecular weight excluding hydrogens is 292 g/mol. The van der Waals surface area contributed by atoms with Crippen LogP contribution in [0.4, 0.5) is 10.5 Å². The van der Waals surface area contributed by atoms with E-state index in [1.165, 1.54) is 36.4 Å². The van der Waals surface area contributed by atoms with Crippen molar-refractivity contribution in [2.75, 3.05) is 5.32 Å².